The first-order chi connectivity index (χ1) is 14.7. The van der Waals surface area contributed by atoms with Gasteiger partial charge in [-0.25, -0.2) is 9.67 Å². The molecule has 9 heteroatoms. The molecule has 2 heterocycles. The fourth-order valence-electron chi connectivity index (χ4n) is 5.16. The smallest absolute Gasteiger partial charge is 0.288 e. The van der Waals surface area contributed by atoms with Crippen molar-refractivity contribution in [2.75, 3.05) is 5.32 Å². The van der Waals surface area contributed by atoms with Crippen LogP contribution in [0.2, 0.25) is 5.02 Å². The summed E-state index contributed by atoms with van der Waals surface area (Å²) in [5.41, 5.74) is 0.928. The Morgan fingerprint density at radius 3 is 2.84 bits per heavy atom. The lowest BCUT2D eigenvalue weighted by atomic mass is 9.45. The Morgan fingerprint density at radius 2 is 2.16 bits per heavy atom. The number of hydrogen-bond acceptors (Lipinski definition) is 5. The summed E-state index contributed by atoms with van der Waals surface area (Å²) in [4.78, 5) is 28.3. The molecule has 4 atom stereocenters. The van der Waals surface area contributed by atoms with Gasteiger partial charge in [-0.3, -0.25) is 9.59 Å². The van der Waals surface area contributed by atoms with E-state index in [9.17, 15) is 14.0 Å². The average molecular weight is 448 g/mol. The van der Waals surface area contributed by atoms with Gasteiger partial charge in [0.25, 0.3) is 5.56 Å². The first-order valence-corrected chi connectivity index (χ1v) is 10.9. The van der Waals surface area contributed by atoms with E-state index in [1.165, 1.54) is 24.9 Å². The highest BCUT2D eigenvalue weighted by Gasteiger charge is 2.56. The molecule has 1 amide bonds. The van der Waals surface area contributed by atoms with Crippen molar-refractivity contribution in [1.82, 2.24) is 20.1 Å². The summed E-state index contributed by atoms with van der Waals surface area (Å²) in [5, 5.41) is 10.2. The van der Waals surface area contributed by atoms with Gasteiger partial charge in [-0.1, -0.05) is 32.4 Å². The molecule has 3 aliphatic carbocycles. The molecular formula is C22H27ClFN5O2. The zero-order valence-electron chi connectivity index (χ0n) is 17.9. The number of halogens is 2. The van der Waals surface area contributed by atoms with Crippen molar-refractivity contribution in [3.05, 3.63) is 51.4 Å². The lowest BCUT2D eigenvalue weighted by molar-refractivity contribution is -0.122. The van der Waals surface area contributed by atoms with E-state index in [4.69, 9.17) is 11.6 Å². The minimum Gasteiger partial charge on any atom is -0.379 e. The van der Waals surface area contributed by atoms with Gasteiger partial charge in [0, 0.05) is 18.8 Å². The normalized spacial score (nSPS) is 26.1. The molecule has 2 aromatic heterocycles. The van der Waals surface area contributed by atoms with E-state index >= 15 is 0 Å². The van der Waals surface area contributed by atoms with Crippen LogP contribution in [0.5, 0.6) is 0 Å². The molecule has 31 heavy (non-hydrogen) atoms. The summed E-state index contributed by atoms with van der Waals surface area (Å²) in [6, 6.07) is 3.08. The number of pyridine rings is 1. The van der Waals surface area contributed by atoms with Crippen molar-refractivity contribution in [3.63, 3.8) is 0 Å². The van der Waals surface area contributed by atoms with Gasteiger partial charge in [-0.2, -0.15) is 9.49 Å². The molecule has 0 unspecified atom stereocenters. The Hall–Kier alpha value is -2.48. The number of carbonyl (C=O) groups is 1. The van der Waals surface area contributed by atoms with Gasteiger partial charge in [0.15, 0.2) is 0 Å². The maximum absolute atomic E-state index is 13.1. The number of carbonyl (C=O) groups excluding carboxylic acids is 1. The van der Waals surface area contributed by atoms with Gasteiger partial charge in [-0.15, -0.1) is 0 Å². The molecule has 2 N–H and O–H groups in total. The average Bonchev–Trinajstić information content (AvgIpc) is 2.73. The molecule has 3 fully saturated rings. The van der Waals surface area contributed by atoms with Gasteiger partial charge in [0.1, 0.15) is 11.6 Å². The Balaban J connectivity index is 1.38. The molecule has 5 rings (SSSR count). The van der Waals surface area contributed by atoms with E-state index in [0.717, 1.165) is 11.1 Å². The highest BCUT2D eigenvalue weighted by Crippen LogP contribution is 2.61. The minimum absolute atomic E-state index is 0.0321. The van der Waals surface area contributed by atoms with E-state index in [-0.39, 0.29) is 24.2 Å². The zero-order valence-corrected chi connectivity index (χ0v) is 18.6. The molecular weight excluding hydrogens is 421 g/mol. The molecule has 166 valence electrons. The van der Waals surface area contributed by atoms with Crippen LogP contribution >= 0.6 is 11.6 Å². The van der Waals surface area contributed by atoms with Crippen LogP contribution in [0.25, 0.3) is 0 Å². The predicted octanol–water partition coefficient (Wildman–Crippen LogP) is 3.23. The molecule has 0 spiro atoms. The van der Waals surface area contributed by atoms with E-state index < -0.39 is 17.4 Å². The van der Waals surface area contributed by atoms with Crippen LogP contribution in [0.4, 0.5) is 10.1 Å². The molecule has 0 radical (unpaired) electrons. The number of aromatic nitrogens is 3. The summed E-state index contributed by atoms with van der Waals surface area (Å²) < 4.78 is 14.2. The third-order valence-electron chi connectivity index (χ3n) is 7.25. The number of amides is 1. The predicted molar refractivity (Wildman–Crippen MR) is 116 cm³/mol. The van der Waals surface area contributed by atoms with Crippen LogP contribution in [-0.4, -0.2) is 26.7 Å². The van der Waals surface area contributed by atoms with Crippen molar-refractivity contribution in [2.24, 2.45) is 23.2 Å². The van der Waals surface area contributed by atoms with Crippen molar-refractivity contribution in [3.8, 4) is 0 Å². The number of nitrogens with zero attached hydrogens (tertiary/aromatic N) is 3. The summed E-state index contributed by atoms with van der Waals surface area (Å²) in [6.45, 7) is 6.78. The third kappa shape index (κ3) is 4.18. The Kier molecular flexibility index (Phi) is 5.77. The van der Waals surface area contributed by atoms with E-state index in [1.807, 2.05) is 0 Å². The zero-order chi connectivity index (χ0) is 22.3. The number of fused-ring (bicyclic) bond motifs is 2. The second kappa shape index (κ2) is 8.22. The molecule has 2 bridgehead atoms. The fraction of sp³-hybridized carbons (Fsp3) is 0.545. The van der Waals surface area contributed by atoms with Gasteiger partial charge >= 0.3 is 0 Å². The Bertz CT molecular complexity index is 1060. The number of anilines is 1. The summed E-state index contributed by atoms with van der Waals surface area (Å²) in [5.74, 6) is 0.770. The number of nitrogens with one attached hydrogen (secondary N) is 2. The standard InChI is InChI=1S/C22H27ClFN5O2/c1-12-15-7-14(22(15,2)3)8-16(12)28-17-10-27-29(21(31)20(17)23)11-19(30)26-9-13-4-5-25-18(24)6-13/h4-6,10,12,14-16,28H,7-9,11H2,1-3H3,(H,26,30)/t12-,14+,15-,16-/m1/s1. The van der Waals surface area contributed by atoms with Crippen LogP contribution in [-0.2, 0) is 17.9 Å². The van der Waals surface area contributed by atoms with Gasteiger partial charge in [0.05, 0.1) is 11.9 Å². The van der Waals surface area contributed by atoms with Crippen molar-refractivity contribution in [2.45, 2.75) is 52.7 Å². The van der Waals surface area contributed by atoms with Crippen LogP contribution < -0.4 is 16.2 Å². The maximum atomic E-state index is 13.1. The van der Waals surface area contributed by atoms with Crippen LogP contribution in [0.1, 0.15) is 39.2 Å². The number of rotatable bonds is 6. The first kappa shape index (κ1) is 21.7. The number of hydrogen-bond donors (Lipinski definition) is 2. The second-order valence-electron chi connectivity index (χ2n) is 9.30. The van der Waals surface area contributed by atoms with Gasteiger partial charge in [0.2, 0.25) is 11.9 Å². The summed E-state index contributed by atoms with van der Waals surface area (Å²) >= 11 is 6.33. The van der Waals surface area contributed by atoms with Gasteiger partial charge in [-0.05, 0) is 53.7 Å². The minimum atomic E-state index is -0.618. The van der Waals surface area contributed by atoms with Crippen LogP contribution in [0.3, 0.4) is 0 Å². The summed E-state index contributed by atoms with van der Waals surface area (Å²) in [6.07, 6.45) is 5.14. The second-order valence-corrected chi connectivity index (χ2v) is 9.68. The third-order valence-corrected chi connectivity index (χ3v) is 7.62. The van der Waals surface area contributed by atoms with Gasteiger partial charge < -0.3 is 10.6 Å². The molecule has 0 aliphatic heterocycles. The summed E-state index contributed by atoms with van der Waals surface area (Å²) in [7, 11) is 0. The van der Waals surface area contributed by atoms with Crippen molar-refractivity contribution < 1.29 is 9.18 Å². The molecule has 0 saturated heterocycles. The maximum Gasteiger partial charge on any atom is 0.288 e. The highest BCUT2D eigenvalue weighted by molar-refractivity contribution is 6.32. The van der Waals surface area contributed by atoms with Crippen LogP contribution in [0, 0.1) is 29.1 Å². The molecule has 0 aromatic carbocycles. The fourth-order valence-corrected chi connectivity index (χ4v) is 5.36. The molecule has 7 nitrogen and oxygen atoms in total. The van der Waals surface area contributed by atoms with E-state index in [0.29, 0.717) is 34.4 Å². The largest absolute Gasteiger partial charge is 0.379 e. The topological polar surface area (TPSA) is 88.9 Å². The van der Waals surface area contributed by atoms with Crippen LogP contribution in [0.15, 0.2) is 29.3 Å². The lowest BCUT2D eigenvalue weighted by Crippen LogP contribution is -2.58. The Labute approximate surface area is 185 Å². The van der Waals surface area contributed by atoms with Crippen molar-refractivity contribution in [1.29, 1.82) is 0 Å². The first-order valence-electron chi connectivity index (χ1n) is 10.6. The molecule has 3 aliphatic rings. The lowest BCUT2D eigenvalue weighted by Gasteiger charge is -2.62. The SMILES string of the molecule is C[C@@H]1[C@H]2C[C@@H](C[C@H]1Nc1cnn(CC(=O)NCc3ccnc(F)c3)c(=O)c1Cl)C2(C)C. The van der Waals surface area contributed by atoms with E-state index in [1.54, 1.807) is 6.07 Å². The Morgan fingerprint density at radius 1 is 1.39 bits per heavy atom. The molecule has 3 saturated carbocycles. The quantitative estimate of drug-likeness (QED) is 0.663. The monoisotopic (exact) mass is 447 g/mol. The van der Waals surface area contributed by atoms with Crippen molar-refractivity contribution >= 4 is 23.2 Å². The highest BCUT2D eigenvalue weighted by atomic mass is 35.5. The molecule has 2 aromatic rings. The van der Waals surface area contributed by atoms with E-state index in [2.05, 4.69) is 41.5 Å².